The maximum atomic E-state index is 13.1. The highest BCUT2D eigenvalue weighted by Crippen LogP contribution is 2.40. The highest BCUT2D eigenvalue weighted by molar-refractivity contribution is 5.96. The van der Waals surface area contributed by atoms with Gasteiger partial charge >= 0.3 is 6.18 Å². The molecule has 0 unspecified atom stereocenters. The maximum absolute atomic E-state index is 13.1. The molecular weight excluding hydrogens is 393 g/mol. The molecule has 0 spiro atoms. The number of rotatable bonds is 3. The van der Waals surface area contributed by atoms with E-state index in [1.165, 1.54) is 18.2 Å². The number of hydrogen-bond donors (Lipinski definition) is 0. The van der Waals surface area contributed by atoms with Gasteiger partial charge in [0.2, 0.25) is 11.8 Å². The maximum Gasteiger partial charge on any atom is 0.416 e. The third kappa shape index (κ3) is 4.25. The van der Waals surface area contributed by atoms with Crippen LogP contribution in [0.4, 0.5) is 13.2 Å². The number of benzene rings is 1. The van der Waals surface area contributed by atoms with Crippen LogP contribution in [0.15, 0.2) is 30.3 Å². The number of likely N-dealkylation sites (tertiary alicyclic amines) is 2. The van der Waals surface area contributed by atoms with E-state index in [2.05, 4.69) is 0 Å². The lowest BCUT2D eigenvalue weighted by atomic mass is 9.84. The minimum absolute atomic E-state index is 0.0303. The molecule has 1 saturated carbocycles. The molecule has 2 saturated heterocycles. The van der Waals surface area contributed by atoms with E-state index >= 15 is 0 Å². The van der Waals surface area contributed by atoms with Crippen LogP contribution < -0.4 is 0 Å². The molecule has 3 fully saturated rings. The average molecular weight is 420 g/mol. The van der Waals surface area contributed by atoms with Crippen LogP contribution in [0.3, 0.4) is 0 Å². The minimum atomic E-state index is -4.43. The highest BCUT2D eigenvalue weighted by atomic mass is 19.4. The van der Waals surface area contributed by atoms with Crippen LogP contribution in [0.2, 0.25) is 0 Å². The number of carbonyl (C=O) groups is 2. The fraction of sp³-hybridized carbons (Fsp3) is 0.565. The Morgan fingerprint density at radius 3 is 2.50 bits per heavy atom. The third-order valence-corrected chi connectivity index (χ3v) is 6.68. The van der Waals surface area contributed by atoms with E-state index in [0.717, 1.165) is 63.7 Å². The topological polar surface area (TPSA) is 40.6 Å². The first kappa shape index (κ1) is 20.9. The quantitative estimate of drug-likeness (QED) is 0.676. The van der Waals surface area contributed by atoms with Gasteiger partial charge in [-0.15, -0.1) is 0 Å². The van der Waals surface area contributed by atoms with Gasteiger partial charge in [-0.3, -0.25) is 9.59 Å². The van der Waals surface area contributed by atoms with Gasteiger partial charge in [0.1, 0.15) is 6.04 Å². The van der Waals surface area contributed by atoms with E-state index in [0.29, 0.717) is 17.9 Å². The molecule has 2 amide bonds. The smallest absolute Gasteiger partial charge is 0.341 e. The zero-order valence-corrected chi connectivity index (χ0v) is 16.9. The Morgan fingerprint density at radius 1 is 1.03 bits per heavy atom. The molecule has 3 aliphatic rings. The second kappa shape index (κ2) is 8.44. The molecule has 7 heteroatoms. The normalized spacial score (nSPS) is 27.0. The molecule has 4 rings (SSSR count). The fourth-order valence-electron chi connectivity index (χ4n) is 5.22. The SMILES string of the molecule is O=C([C@@H]1C[C@@H]2CCCC[C@@H]2N1C(=O)C=Cc1cccc(C(F)(F)F)c1)N1CCCC1. The second-order valence-electron chi connectivity index (χ2n) is 8.60. The molecule has 0 radical (unpaired) electrons. The monoisotopic (exact) mass is 420 g/mol. The van der Waals surface area contributed by atoms with Crippen LogP contribution in [-0.2, 0) is 15.8 Å². The molecular formula is C23H27F3N2O2. The van der Waals surface area contributed by atoms with Crippen molar-refractivity contribution in [2.75, 3.05) is 13.1 Å². The van der Waals surface area contributed by atoms with Gasteiger partial charge < -0.3 is 9.80 Å². The van der Waals surface area contributed by atoms with Crippen molar-refractivity contribution in [2.45, 2.75) is 63.2 Å². The first-order valence-electron chi connectivity index (χ1n) is 10.8. The molecule has 0 aromatic heterocycles. The number of nitrogens with zero attached hydrogens (tertiary/aromatic N) is 2. The van der Waals surface area contributed by atoms with Crippen molar-refractivity contribution in [1.29, 1.82) is 0 Å². The van der Waals surface area contributed by atoms with Gasteiger partial charge in [-0.2, -0.15) is 13.2 Å². The molecule has 1 aliphatic carbocycles. The summed E-state index contributed by atoms with van der Waals surface area (Å²) in [5.74, 6) is 0.0864. The first-order valence-corrected chi connectivity index (χ1v) is 10.8. The van der Waals surface area contributed by atoms with Gasteiger partial charge in [0, 0.05) is 25.2 Å². The molecule has 1 aromatic carbocycles. The van der Waals surface area contributed by atoms with Crippen LogP contribution >= 0.6 is 0 Å². The molecule has 30 heavy (non-hydrogen) atoms. The van der Waals surface area contributed by atoms with Crippen molar-refractivity contribution in [3.8, 4) is 0 Å². The molecule has 0 N–H and O–H groups in total. The van der Waals surface area contributed by atoms with Crippen molar-refractivity contribution in [1.82, 2.24) is 9.80 Å². The lowest BCUT2D eigenvalue weighted by Gasteiger charge is -2.34. The Hall–Kier alpha value is -2.31. The molecule has 2 aliphatic heterocycles. The molecule has 4 nitrogen and oxygen atoms in total. The summed E-state index contributed by atoms with van der Waals surface area (Å²) < 4.78 is 38.8. The number of halogens is 3. The Labute approximate surface area is 174 Å². The van der Waals surface area contributed by atoms with Gasteiger partial charge in [0.25, 0.3) is 0 Å². The van der Waals surface area contributed by atoms with E-state index in [1.54, 1.807) is 11.0 Å². The predicted molar refractivity (Wildman–Crippen MR) is 107 cm³/mol. The third-order valence-electron chi connectivity index (χ3n) is 6.68. The molecule has 3 atom stereocenters. The molecule has 2 heterocycles. The Morgan fingerprint density at radius 2 is 1.77 bits per heavy atom. The fourth-order valence-corrected chi connectivity index (χ4v) is 5.22. The van der Waals surface area contributed by atoms with Crippen molar-refractivity contribution in [3.63, 3.8) is 0 Å². The first-order chi connectivity index (χ1) is 14.3. The number of fused-ring (bicyclic) bond motifs is 1. The zero-order valence-electron chi connectivity index (χ0n) is 16.9. The van der Waals surface area contributed by atoms with Gasteiger partial charge in [0.05, 0.1) is 5.56 Å². The van der Waals surface area contributed by atoms with Crippen LogP contribution in [0.5, 0.6) is 0 Å². The van der Waals surface area contributed by atoms with Crippen LogP contribution in [0, 0.1) is 5.92 Å². The van der Waals surface area contributed by atoms with Crippen molar-refractivity contribution in [3.05, 3.63) is 41.5 Å². The predicted octanol–water partition coefficient (Wildman–Crippen LogP) is 4.50. The number of hydrogen-bond acceptors (Lipinski definition) is 2. The van der Waals surface area contributed by atoms with Crippen LogP contribution in [0.25, 0.3) is 6.08 Å². The van der Waals surface area contributed by atoms with E-state index in [1.807, 2.05) is 4.90 Å². The van der Waals surface area contributed by atoms with Crippen LogP contribution in [0.1, 0.15) is 56.1 Å². The van der Waals surface area contributed by atoms with E-state index < -0.39 is 17.8 Å². The molecule has 162 valence electrons. The van der Waals surface area contributed by atoms with Gasteiger partial charge in [-0.1, -0.05) is 25.0 Å². The Bertz CT molecular complexity index is 830. The summed E-state index contributed by atoms with van der Waals surface area (Å²) >= 11 is 0. The van der Waals surface area contributed by atoms with Gasteiger partial charge in [-0.05, 0) is 61.8 Å². The summed E-state index contributed by atoms with van der Waals surface area (Å²) in [6.07, 6.45) is 5.08. The lowest BCUT2D eigenvalue weighted by Crippen LogP contribution is -2.49. The minimum Gasteiger partial charge on any atom is -0.341 e. The Kier molecular flexibility index (Phi) is 5.89. The van der Waals surface area contributed by atoms with E-state index in [4.69, 9.17) is 0 Å². The second-order valence-corrected chi connectivity index (χ2v) is 8.60. The summed E-state index contributed by atoms with van der Waals surface area (Å²) in [7, 11) is 0. The average Bonchev–Trinajstić information content (AvgIpc) is 3.39. The highest BCUT2D eigenvalue weighted by Gasteiger charge is 2.48. The van der Waals surface area contributed by atoms with E-state index in [9.17, 15) is 22.8 Å². The van der Waals surface area contributed by atoms with Crippen molar-refractivity contribution < 1.29 is 22.8 Å². The van der Waals surface area contributed by atoms with E-state index in [-0.39, 0.29) is 17.9 Å². The number of alkyl halides is 3. The standard InChI is InChI=1S/C23H27F3N2O2/c24-23(25,26)18-8-5-6-16(14-18)10-11-21(29)28-19-9-2-1-7-17(19)15-20(28)22(30)27-12-3-4-13-27/h5-6,8,10-11,14,17,19-20H,1-4,7,9,12-13,15H2/t17-,19-,20-/m0/s1. The van der Waals surface area contributed by atoms with Crippen molar-refractivity contribution in [2.24, 2.45) is 5.92 Å². The number of carbonyl (C=O) groups excluding carboxylic acids is 2. The van der Waals surface area contributed by atoms with Crippen LogP contribution in [-0.4, -0.2) is 46.8 Å². The number of amides is 2. The summed E-state index contributed by atoms with van der Waals surface area (Å²) in [6.45, 7) is 1.49. The summed E-state index contributed by atoms with van der Waals surface area (Å²) in [5.41, 5.74) is -0.423. The molecule has 1 aromatic rings. The summed E-state index contributed by atoms with van der Waals surface area (Å²) in [6, 6.07) is 4.52. The largest absolute Gasteiger partial charge is 0.416 e. The molecule has 0 bridgehead atoms. The lowest BCUT2D eigenvalue weighted by molar-refractivity contribution is -0.142. The van der Waals surface area contributed by atoms with Gasteiger partial charge in [-0.25, -0.2) is 0 Å². The van der Waals surface area contributed by atoms with Crippen molar-refractivity contribution >= 4 is 17.9 Å². The van der Waals surface area contributed by atoms with Gasteiger partial charge in [0.15, 0.2) is 0 Å². The summed E-state index contributed by atoms with van der Waals surface area (Å²) in [4.78, 5) is 29.8. The zero-order chi connectivity index (χ0) is 21.3. The Balaban J connectivity index is 1.55. The summed E-state index contributed by atoms with van der Waals surface area (Å²) in [5, 5.41) is 0.